The quantitative estimate of drug-likeness (QED) is 0.520. The van der Waals surface area contributed by atoms with Crippen molar-refractivity contribution in [2.75, 3.05) is 5.32 Å². The summed E-state index contributed by atoms with van der Waals surface area (Å²) in [5.74, 6) is 0.826. The van der Waals surface area contributed by atoms with Gasteiger partial charge in [0.15, 0.2) is 0 Å². The zero-order chi connectivity index (χ0) is 20.1. The van der Waals surface area contributed by atoms with Crippen LogP contribution in [0.4, 0.5) is 5.69 Å². The summed E-state index contributed by atoms with van der Waals surface area (Å²) in [4.78, 5) is 0. The van der Waals surface area contributed by atoms with Crippen LogP contribution in [0, 0.1) is 6.92 Å². The van der Waals surface area contributed by atoms with E-state index in [1.54, 1.807) is 0 Å². The number of halogens is 1. The van der Waals surface area contributed by atoms with E-state index in [1.807, 2.05) is 12.1 Å². The molecule has 3 rings (SSSR count). The number of nitrogens with two attached hydrogens (primary N) is 1. The molecule has 1 unspecified atom stereocenters. The Kier molecular flexibility index (Phi) is 11.9. The van der Waals surface area contributed by atoms with Crippen LogP contribution in [0.2, 0.25) is 5.02 Å². The molecule has 150 valence electrons. The molecule has 3 N–H and O–H groups in total. The number of hydrogen-bond donors (Lipinski definition) is 2. The molecule has 1 atom stereocenters. The van der Waals surface area contributed by atoms with Crippen molar-refractivity contribution in [3.63, 3.8) is 0 Å². The second-order valence-corrected chi connectivity index (χ2v) is 7.73. The summed E-state index contributed by atoms with van der Waals surface area (Å²) in [6.07, 6.45) is 7.57. The number of hydrogen-bond acceptors (Lipinski definition) is 2. The molecule has 2 nitrogen and oxygen atoms in total. The monoisotopic (exact) mass is 388 g/mol. The van der Waals surface area contributed by atoms with Gasteiger partial charge in [-0.2, -0.15) is 0 Å². The summed E-state index contributed by atoms with van der Waals surface area (Å²) in [6.45, 7) is 8.46. The Morgan fingerprint density at radius 2 is 1.56 bits per heavy atom. The molecule has 27 heavy (non-hydrogen) atoms. The molecule has 0 aromatic heterocycles. The van der Waals surface area contributed by atoms with E-state index in [1.165, 1.54) is 36.8 Å². The highest BCUT2D eigenvalue weighted by atomic mass is 35.5. The van der Waals surface area contributed by atoms with Crippen molar-refractivity contribution < 1.29 is 0 Å². The molecule has 2 aromatic carbocycles. The number of anilines is 1. The third-order valence-corrected chi connectivity index (χ3v) is 4.70. The van der Waals surface area contributed by atoms with Crippen molar-refractivity contribution in [3.8, 4) is 0 Å². The normalized spacial score (nSPS) is 14.0. The summed E-state index contributed by atoms with van der Waals surface area (Å²) in [5.41, 5.74) is 9.68. The van der Waals surface area contributed by atoms with Gasteiger partial charge in [0.25, 0.3) is 0 Å². The van der Waals surface area contributed by atoms with Crippen molar-refractivity contribution in [1.82, 2.24) is 0 Å². The Morgan fingerprint density at radius 3 is 2.00 bits per heavy atom. The van der Waals surface area contributed by atoms with E-state index in [4.69, 9.17) is 17.3 Å². The van der Waals surface area contributed by atoms with Crippen LogP contribution in [-0.4, -0.2) is 6.17 Å². The number of aryl methyl sites for hydroxylation is 1. The maximum absolute atomic E-state index is 5.84. The van der Waals surface area contributed by atoms with Crippen LogP contribution in [0.3, 0.4) is 0 Å². The van der Waals surface area contributed by atoms with E-state index in [0.717, 1.165) is 29.5 Å². The van der Waals surface area contributed by atoms with Gasteiger partial charge in [0.2, 0.25) is 0 Å². The maximum Gasteiger partial charge on any atom is 0.0742 e. The van der Waals surface area contributed by atoms with E-state index < -0.39 is 0 Å². The lowest BCUT2D eigenvalue weighted by atomic mass is 9.80. The number of rotatable bonds is 5. The van der Waals surface area contributed by atoms with Gasteiger partial charge in [-0.15, -0.1) is 0 Å². The van der Waals surface area contributed by atoms with Crippen LogP contribution in [-0.2, 0) is 0 Å². The fraction of sp³-hybridized carbons (Fsp3) is 0.500. The van der Waals surface area contributed by atoms with Crippen LogP contribution < -0.4 is 11.1 Å². The molecular weight excluding hydrogens is 352 g/mol. The molecule has 1 fully saturated rings. The highest BCUT2D eigenvalue weighted by Gasteiger charge is 2.18. The topological polar surface area (TPSA) is 38.0 Å². The van der Waals surface area contributed by atoms with Gasteiger partial charge in [-0.05, 0) is 61.9 Å². The summed E-state index contributed by atoms with van der Waals surface area (Å²) in [5, 5.41) is 4.09. The standard InChI is InChI=1S/C11H18N2.C10H11Cl.C3H8/c1-3-4-11(12)13-10-7-5-9(2)6-8-10;11-10-6-4-9(5-7-10)8-2-1-3-8;1-3-2/h5-8,11,13H,3-4,12H2,1-2H3;4-8H,1-3H2;3H2,1-2H3. The van der Waals surface area contributed by atoms with Gasteiger partial charge in [-0.1, -0.05) is 81.5 Å². The van der Waals surface area contributed by atoms with Crippen LogP contribution in [0.5, 0.6) is 0 Å². The van der Waals surface area contributed by atoms with Crippen LogP contribution in [0.1, 0.15) is 76.3 Å². The molecule has 0 spiro atoms. The average molecular weight is 389 g/mol. The molecule has 3 heteroatoms. The Morgan fingerprint density at radius 1 is 1.00 bits per heavy atom. The molecular formula is C24H37ClN2. The lowest BCUT2D eigenvalue weighted by Gasteiger charge is -2.25. The Bertz CT molecular complexity index is 603. The fourth-order valence-electron chi connectivity index (χ4n) is 2.72. The average Bonchev–Trinajstić information content (AvgIpc) is 2.59. The first kappa shape index (κ1) is 23.5. The molecule has 1 aliphatic carbocycles. The number of nitrogens with one attached hydrogen (secondary N) is 1. The smallest absolute Gasteiger partial charge is 0.0742 e. The van der Waals surface area contributed by atoms with E-state index >= 15 is 0 Å². The van der Waals surface area contributed by atoms with Crippen molar-refractivity contribution in [2.45, 2.75) is 78.3 Å². The minimum Gasteiger partial charge on any atom is -0.370 e. The zero-order valence-corrected chi connectivity index (χ0v) is 18.2. The van der Waals surface area contributed by atoms with E-state index in [-0.39, 0.29) is 6.17 Å². The predicted octanol–water partition coefficient (Wildman–Crippen LogP) is 7.52. The van der Waals surface area contributed by atoms with E-state index in [0.29, 0.717) is 0 Å². The van der Waals surface area contributed by atoms with Gasteiger partial charge in [0.1, 0.15) is 0 Å². The molecule has 0 radical (unpaired) electrons. The summed E-state index contributed by atoms with van der Waals surface area (Å²) >= 11 is 5.78. The van der Waals surface area contributed by atoms with Crippen molar-refractivity contribution in [3.05, 3.63) is 64.7 Å². The first-order valence-electron chi connectivity index (χ1n) is 10.3. The summed E-state index contributed by atoms with van der Waals surface area (Å²) in [6, 6.07) is 16.5. The second kappa shape index (κ2) is 13.6. The van der Waals surface area contributed by atoms with Gasteiger partial charge >= 0.3 is 0 Å². The minimum atomic E-state index is 0.0766. The van der Waals surface area contributed by atoms with Crippen molar-refractivity contribution in [2.24, 2.45) is 5.73 Å². The second-order valence-electron chi connectivity index (χ2n) is 7.29. The molecule has 2 aromatic rings. The Balaban J connectivity index is 0.000000238. The molecule has 0 aliphatic heterocycles. The minimum absolute atomic E-state index is 0.0766. The molecule has 1 aliphatic rings. The predicted molar refractivity (Wildman–Crippen MR) is 122 cm³/mol. The molecule has 0 amide bonds. The van der Waals surface area contributed by atoms with Crippen LogP contribution in [0.15, 0.2) is 48.5 Å². The first-order chi connectivity index (χ1) is 13.0. The maximum atomic E-state index is 5.84. The Hall–Kier alpha value is -1.51. The van der Waals surface area contributed by atoms with E-state index in [9.17, 15) is 0 Å². The highest BCUT2D eigenvalue weighted by molar-refractivity contribution is 6.30. The van der Waals surface area contributed by atoms with Gasteiger partial charge in [0.05, 0.1) is 6.17 Å². The van der Waals surface area contributed by atoms with Gasteiger partial charge < -0.3 is 11.1 Å². The SMILES string of the molecule is CCC.CCCC(N)Nc1ccc(C)cc1.Clc1ccc(C2CCC2)cc1. The van der Waals surface area contributed by atoms with Crippen LogP contribution >= 0.6 is 11.6 Å². The molecule has 0 heterocycles. The molecule has 0 saturated heterocycles. The highest BCUT2D eigenvalue weighted by Crippen LogP contribution is 2.36. The lowest BCUT2D eigenvalue weighted by Crippen LogP contribution is -2.28. The third kappa shape index (κ3) is 9.83. The first-order valence-corrected chi connectivity index (χ1v) is 10.7. The van der Waals surface area contributed by atoms with Gasteiger partial charge in [-0.25, -0.2) is 0 Å². The molecule has 0 bridgehead atoms. The van der Waals surface area contributed by atoms with Gasteiger partial charge in [0, 0.05) is 10.7 Å². The summed E-state index contributed by atoms with van der Waals surface area (Å²) < 4.78 is 0. The third-order valence-electron chi connectivity index (χ3n) is 4.45. The van der Waals surface area contributed by atoms with Gasteiger partial charge in [-0.3, -0.25) is 0 Å². The fourth-order valence-corrected chi connectivity index (χ4v) is 2.85. The summed E-state index contributed by atoms with van der Waals surface area (Å²) in [7, 11) is 0. The van der Waals surface area contributed by atoms with E-state index in [2.05, 4.69) is 69.4 Å². The van der Waals surface area contributed by atoms with Crippen molar-refractivity contribution >= 4 is 17.3 Å². The van der Waals surface area contributed by atoms with Crippen LogP contribution in [0.25, 0.3) is 0 Å². The zero-order valence-electron chi connectivity index (χ0n) is 17.5. The Labute approximate surface area is 171 Å². The largest absolute Gasteiger partial charge is 0.370 e. The number of benzene rings is 2. The lowest BCUT2D eigenvalue weighted by molar-refractivity contribution is 0.420. The molecule has 1 saturated carbocycles. The van der Waals surface area contributed by atoms with Crippen molar-refractivity contribution in [1.29, 1.82) is 0 Å².